The molecule has 0 aliphatic heterocycles. The minimum Gasteiger partial charge on any atom is -0.463 e. The van der Waals surface area contributed by atoms with Gasteiger partial charge < -0.3 is 18.9 Å². The van der Waals surface area contributed by atoms with Gasteiger partial charge in [0.15, 0.2) is 0 Å². The fourth-order valence-electron chi connectivity index (χ4n) is 1.60. The van der Waals surface area contributed by atoms with E-state index in [-0.39, 0.29) is 31.8 Å². The number of esters is 2. The maximum absolute atomic E-state index is 11.8. The molecule has 0 spiro atoms. The van der Waals surface area contributed by atoms with Crippen molar-refractivity contribution in [2.45, 2.75) is 52.2 Å². The van der Waals surface area contributed by atoms with E-state index in [0.29, 0.717) is 0 Å². The van der Waals surface area contributed by atoms with E-state index in [0.717, 1.165) is 12.8 Å². The molecule has 0 N–H and O–H groups in total. The Morgan fingerprint density at radius 3 is 1.81 bits per heavy atom. The quantitative estimate of drug-likeness (QED) is 0.543. The lowest BCUT2D eigenvalue weighted by atomic mass is 10.1. The maximum atomic E-state index is 11.8. The summed E-state index contributed by atoms with van der Waals surface area (Å²) in [5.74, 6) is -1.37. The molecule has 0 heterocycles. The molecule has 6 nitrogen and oxygen atoms in total. The van der Waals surface area contributed by atoms with Crippen LogP contribution < -0.4 is 0 Å². The Kier molecular flexibility index (Phi) is 10.9. The molecule has 3 atom stereocenters. The number of hydrogen-bond acceptors (Lipinski definition) is 6. The second kappa shape index (κ2) is 11.5. The third-order valence-corrected chi connectivity index (χ3v) is 3.29. The summed E-state index contributed by atoms with van der Waals surface area (Å²) in [6.07, 6.45) is 1.30. The molecule has 0 saturated carbocycles. The lowest BCUT2D eigenvalue weighted by Crippen LogP contribution is -2.26. The summed E-state index contributed by atoms with van der Waals surface area (Å²) in [6, 6.07) is 0. The lowest BCUT2D eigenvalue weighted by molar-refractivity contribution is -0.158. The first kappa shape index (κ1) is 19.9. The van der Waals surface area contributed by atoms with Gasteiger partial charge in [-0.2, -0.15) is 0 Å². The van der Waals surface area contributed by atoms with Crippen LogP contribution in [0.25, 0.3) is 0 Å². The molecule has 6 heteroatoms. The standard InChI is InChI=1S/C15H28O6/c1-6-12(18-4)9-20-14(16)8-11(3)15(17)21-10-13(7-2)19-5/h11-13H,6-10H2,1-5H3. The van der Waals surface area contributed by atoms with Crippen LogP contribution >= 0.6 is 0 Å². The summed E-state index contributed by atoms with van der Waals surface area (Å²) in [7, 11) is 3.14. The SMILES string of the molecule is CCC(COC(=O)CC(C)C(=O)OCC(CC)OC)OC. The highest BCUT2D eigenvalue weighted by molar-refractivity contribution is 5.79. The van der Waals surface area contributed by atoms with Crippen LogP contribution in [0.5, 0.6) is 0 Å². The first-order chi connectivity index (χ1) is 9.98. The van der Waals surface area contributed by atoms with Crippen LogP contribution in [-0.4, -0.2) is 51.6 Å². The molecular formula is C15H28O6. The van der Waals surface area contributed by atoms with E-state index >= 15 is 0 Å². The Labute approximate surface area is 127 Å². The predicted molar refractivity (Wildman–Crippen MR) is 77.9 cm³/mol. The number of methoxy groups -OCH3 is 2. The molecule has 0 radical (unpaired) electrons. The molecular weight excluding hydrogens is 276 g/mol. The molecule has 0 saturated heterocycles. The zero-order valence-corrected chi connectivity index (χ0v) is 13.7. The van der Waals surface area contributed by atoms with Gasteiger partial charge in [0, 0.05) is 14.2 Å². The summed E-state index contributed by atoms with van der Waals surface area (Å²) >= 11 is 0. The van der Waals surface area contributed by atoms with E-state index in [1.165, 1.54) is 0 Å². The first-order valence-corrected chi connectivity index (χ1v) is 7.36. The van der Waals surface area contributed by atoms with Crippen LogP contribution in [0.2, 0.25) is 0 Å². The maximum Gasteiger partial charge on any atom is 0.309 e. The van der Waals surface area contributed by atoms with Crippen molar-refractivity contribution in [2.24, 2.45) is 5.92 Å². The molecule has 0 rings (SSSR count). The van der Waals surface area contributed by atoms with Gasteiger partial charge in [0.25, 0.3) is 0 Å². The Hall–Kier alpha value is -1.14. The number of hydrogen-bond donors (Lipinski definition) is 0. The molecule has 0 aromatic rings. The molecule has 0 bridgehead atoms. The molecule has 0 aliphatic carbocycles. The highest BCUT2D eigenvalue weighted by atomic mass is 16.6. The summed E-state index contributed by atoms with van der Waals surface area (Å²) in [4.78, 5) is 23.4. The predicted octanol–water partition coefficient (Wildman–Crippen LogP) is 1.95. The van der Waals surface area contributed by atoms with Gasteiger partial charge in [-0.05, 0) is 12.8 Å². The van der Waals surface area contributed by atoms with Gasteiger partial charge in [0.05, 0.1) is 24.5 Å². The third kappa shape index (κ3) is 8.67. The topological polar surface area (TPSA) is 71.1 Å². The number of ether oxygens (including phenoxy) is 4. The van der Waals surface area contributed by atoms with Crippen molar-refractivity contribution in [3.63, 3.8) is 0 Å². The van der Waals surface area contributed by atoms with Crippen molar-refractivity contribution in [3.05, 3.63) is 0 Å². The second-order valence-electron chi connectivity index (χ2n) is 4.95. The lowest BCUT2D eigenvalue weighted by Gasteiger charge is -2.16. The first-order valence-electron chi connectivity index (χ1n) is 7.36. The molecule has 3 unspecified atom stereocenters. The molecule has 0 aromatic heterocycles. The Bertz CT molecular complexity index is 297. The summed E-state index contributed by atoms with van der Waals surface area (Å²) in [6.45, 7) is 5.94. The van der Waals surface area contributed by atoms with Crippen LogP contribution in [0, 0.1) is 5.92 Å². The zero-order chi connectivity index (χ0) is 16.3. The number of rotatable bonds is 11. The molecule has 0 aliphatic rings. The highest BCUT2D eigenvalue weighted by Crippen LogP contribution is 2.08. The average molecular weight is 304 g/mol. The van der Waals surface area contributed by atoms with Crippen LogP contribution in [0.3, 0.4) is 0 Å². The molecule has 0 fully saturated rings. The van der Waals surface area contributed by atoms with E-state index in [9.17, 15) is 9.59 Å². The largest absolute Gasteiger partial charge is 0.463 e. The van der Waals surface area contributed by atoms with Gasteiger partial charge in [-0.25, -0.2) is 0 Å². The van der Waals surface area contributed by atoms with Crippen molar-refractivity contribution < 1.29 is 28.5 Å². The van der Waals surface area contributed by atoms with Crippen LogP contribution in [0.1, 0.15) is 40.0 Å². The third-order valence-electron chi connectivity index (χ3n) is 3.29. The minimum absolute atomic E-state index is 0.00273. The summed E-state index contributed by atoms with van der Waals surface area (Å²) < 4.78 is 20.4. The van der Waals surface area contributed by atoms with E-state index in [1.807, 2.05) is 13.8 Å². The molecule has 0 aromatic carbocycles. The number of carbonyl (C=O) groups excluding carboxylic acids is 2. The fraction of sp³-hybridized carbons (Fsp3) is 0.867. The Balaban J connectivity index is 4.02. The van der Waals surface area contributed by atoms with Gasteiger partial charge in [-0.15, -0.1) is 0 Å². The average Bonchev–Trinajstić information content (AvgIpc) is 2.48. The van der Waals surface area contributed by atoms with Crippen molar-refractivity contribution in [1.29, 1.82) is 0 Å². The second-order valence-corrected chi connectivity index (χ2v) is 4.95. The molecule has 21 heavy (non-hydrogen) atoms. The smallest absolute Gasteiger partial charge is 0.309 e. The monoisotopic (exact) mass is 304 g/mol. The van der Waals surface area contributed by atoms with Gasteiger partial charge in [-0.3, -0.25) is 9.59 Å². The minimum atomic E-state index is -0.533. The molecule has 124 valence electrons. The van der Waals surface area contributed by atoms with Crippen molar-refractivity contribution in [2.75, 3.05) is 27.4 Å². The van der Waals surface area contributed by atoms with Crippen LogP contribution in [0.15, 0.2) is 0 Å². The zero-order valence-electron chi connectivity index (χ0n) is 13.7. The molecule has 0 amide bonds. The Morgan fingerprint density at radius 1 is 0.905 bits per heavy atom. The van der Waals surface area contributed by atoms with E-state index in [1.54, 1.807) is 21.1 Å². The Morgan fingerprint density at radius 2 is 1.38 bits per heavy atom. The van der Waals surface area contributed by atoms with Crippen molar-refractivity contribution in [3.8, 4) is 0 Å². The van der Waals surface area contributed by atoms with Crippen LogP contribution in [0.4, 0.5) is 0 Å². The van der Waals surface area contributed by atoms with E-state index in [2.05, 4.69) is 0 Å². The van der Waals surface area contributed by atoms with Gasteiger partial charge in [-0.1, -0.05) is 20.8 Å². The van der Waals surface area contributed by atoms with Crippen LogP contribution in [-0.2, 0) is 28.5 Å². The van der Waals surface area contributed by atoms with E-state index < -0.39 is 17.9 Å². The van der Waals surface area contributed by atoms with E-state index in [4.69, 9.17) is 18.9 Å². The summed E-state index contributed by atoms with van der Waals surface area (Å²) in [5.41, 5.74) is 0. The van der Waals surface area contributed by atoms with Crippen molar-refractivity contribution >= 4 is 11.9 Å². The fourth-order valence-corrected chi connectivity index (χ4v) is 1.60. The normalized spacial score (nSPS) is 15.1. The summed E-state index contributed by atoms with van der Waals surface area (Å²) in [5, 5.41) is 0. The van der Waals surface area contributed by atoms with Gasteiger partial charge in [0.1, 0.15) is 13.2 Å². The number of carbonyl (C=O) groups is 2. The van der Waals surface area contributed by atoms with Gasteiger partial charge >= 0.3 is 11.9 Å². The van der Waals surface area contributed by atoms with Crippen molar-refractivity contribution in [1.82, 2.24) is 0 Å². The highest BCUT2D eigenvalue weighted by Gasteiger charge is 2.21. The van der Waals surface area contributed by atoms with Gasteiger partial charge in [0.2, 0.25) is 0 Å².